The zero-order valence-electron chi connectivity index (χ0n) is 20.8. The molecule has 0 aliphatic carbocycles. The van der Waals surface area contributed by atoms with Crippen molar-refractivity contribution in [3.05, 3.63) is 77.5 Å². The Morgan fingerprint density at radius 1 is 1.11 bits per heavy atom. The van der Waals surface area contributed by atoms with Gasteiger partial charge in [-0.3, -0.25) is 19.9 Å². The van der Waals surface area contributed by atoms with Gasteiger partial charge in [-0.05, 0) is 24.1 Å². The summed E-state index contributed by atoms with van der Waals surface area (Å²) in [6.45, 7) is 3.92. The minimum atomic E-state index is -1.06. The lowest BCUT2D eigenvalue weighted by atomic mass is 10.0. The molecule has 0 atom stereocenters. The highest BCUT2D eigenvalue weighted by Gasteiger charge is 2.22. The van der Waals surface area contributed by atoms with Gasteiger partial charge in [0.2, 0.25) is 0 Å². The van der Waals surface area contributed by atoms with E-state index in [-0.39, 0.29) is 24.0 Å². The number of aromatic nitrogens is 4. The Morgan fingerprint density at radius 2 is 1.92 bits per heavy atom. The van der Waals surface area contributed by atoms with Crippen LogP contribution in [0.1, 0.15) is 41.4 Å². The molecule has 0 saturated heterocycles. The van der Waals surface area contributed by atoms with Gasteiger partial charge < -0.3 is 10.1 Å². The quantitative estimate of drug-likeness (QED) is 0.275. The molecule has 3 heterocycles. The van der Waals surface area contributed by atoms with Crippen LogP contribution in [0.15, 0.2) is 49.1 Å². The van der Waals surface area contributed by atoms with E-state index < -0.39 is 29.2 Å². The third kappa shape index (κ3) is 5.83. The Bertz CT molecular complexity index is 1460. The third-order valence-electron chi connectivity index (χ3n) is 5.49. The molecule has 0 unspecified atom stereocenters. The summed E-state index contributed by atoms with van der Waals surface area (Å²) >= 11 is 0. The van der Waals surface area contributed by atoms with Crippen molar-refractivity contribution in [1.29, 1.82) is 0 Å². The van der Waals surface area contributed by atoms with E-state index in [0.29, 0.717) is 29.3 Å². The molecule has 0 aliphatic rings. The number of carbonyl (C=O) groups excluding carboxylic acids is 2. The van der Waals surface area contributed by atoms with E-state index in [9.17, 15) is 18.4 Å². The van der Waals surface area contributed by atoms with Gasteiger partial charge in [-0.15, -0.1) is 0 Å². The van der Waals surface area contributed by atoms with Crippen LogP contribution in [0.5, 0.6) is 0 Å². The normalized spacial score (nSPS) is 11.0. The number of ether oxygens (including phenoxy) is 1. The molecule has 38 heavy (non-hydrogen) atoms. The molecule has 0 aliphatic heterocycles. The summed E-state index contributed by atoms with van der Waals surface area (Å²) in [7, 11) is 1.19. The lowest BCUT2D eigenvalue weighted by Crippen LogP contribution is -2.23. The third-order valence-corrected chi connectivity index (χ3v) is 5.49. The van der Waals surface area contributed by atoms with Crippen LogP contribution in [0.25, 0.3) is 5.52 Å². The van der Waals surface area contributed by atoms with Crippen LogP contribution < -0.4 is 16.1 Å². The highest BCUT2D eigenvalue weighted by molar-refractivity contribution is 5.95. The van der Waals surface area contributed by atoms with Crippen molar-refractivity contribution in [3.63, 3.8) is 0 Å². The fraction of sp³-hybridized carbons (Fsp3) is 0.240. The minimum absolute atomic E-state index is 0.128. The summed E-state index contributed by atoms with van der Waals surface area (Å²) in [6, 6.07) is 7.08. The van der Waals surface area contributed by atoms with Gasteiger partial charge in [-0.25, -0.2) is 28.6 Å². The molecule has 3 N–H and O–H groups in total. The molecule has 11 nitrogen and oxygen atoms in total. The number of rotatable bonds is 9. The summed E-state index contributed by atoms with van der Waals surface area (Å²) in [5, 5.41) is 9.73. The van der Waals surface area contributed by atoms with Crippen molar-refractivity contribution >= 4 is 34.7 Å². The molecule has 0 fully saturated rings. The fourth-order valence-electron chi connectivity index (χ4n) is 3.84. The summed E-state index contributed by atoms with van der Waals surface area (Å²) in [5.41, 5.74) is 3.67. The van der Waals surface area contributed by atoms with Crippen LogP contribution in [0.3, 0.4) is 0 Å². The second kappa shape index (κ2) is 11.6. The van der Waals surface area contributed by atoms with E-state index in [4.69, 9.17) is 4.74 Å². The summed E-state index contributed by atoms with van der Waals surface area (Å²) in [6.07, 6.45) is 4.26. The Morgan fingerprint density at radius 3 is 2.63 bits per heavy atom. The molecular formula is C25H25F2N7O4. The molecule has 13 heteroatoms. The molecule has 2 amide bonds. The first kappa shape index (κ1) is 26.4. The first-order chi connectivity index (χ1) is 18.3. The highest BCUT2D eigenvalue weighted by atomic mass is 19.1. The smallest absolute Gasteiger partial charge is 0.411 e. The van der Waals surface area contributed by atoms with Gasteiger partial charge in [0.1, 0.15) is 23.5 Å². The van der Waals surface area contributed by atoms with Crippen LogP contribution in [-0.4, -0.2) is 45.3 Å². The number of halogens is 2. The lowest BCUT2D eigenvalue weighted by molar-refractivity contribution is 0.0533. The predicted octanol–water partition coefficient (Wildman–Crippen LogP) is 4.35. The average molecular weight is 526 g/mol. The summed E-state index contributed by atoms with van der Waals surface area (Å²) in [5.74, 6) is -2.85. The number of benzene rings is 1. The van der Waals surface area contributed by atoms with Crippen molar-refractivity contribution < 1.29 is 27.9 Å². The number of hydrogen-bond donors (Lipinski definition) is 3. The number of nitrogens with one attached hydrogen (secondary N) is 3. The molecule has 198 valence electrons. The maximum absolute atomic E-state index is 14.6. The zero-order valence-corrected chi connectivity index (χ0v) is 20.8. The van der Waals surface area contributed by atoms with Crippen LogP contribution >= 0.6 is 0 Å². The monoisotopic (exact) mass is 525 g/mol. The summed E-state index contributed by atoms with van der Waals surface area (Å²) in [4.78, 5) is 37.5. The van der Waals surface area contributed by atoms with Crippen LogP contribution in [0, 0.1) is 11.6 Å². The van der Waals surface area contributed by atoms with Crippen molar-refractivity contribution in [2.24, 2.45) is 0 Å². The number of hydroxylamine groups is 1. The zero-order chi connectivity index (χ0) is 27.2. The van der Waals surface area contributed by atoms with E-state index in [0.717, 1.165) is 11.8 Å². The summed E-state index contributed by atoms with van der Waals surface area (Å²) < 4.78 is 35.6. The average Bonchev–Trinajstić information content (AvgIpc) is 3.25. The number of amides is 2. The highest BCUT2D eigenvalue weighted by Crippen LogP contribution is 2.35. The second-order valence-electron chi connectivity index (χ2n) is 8.42. The molecular weight excluding hydrogens is 500 g/mol. The number of nitrogens with zero attached hydrogens (tertiary/aromatic N) is 4. The molecule has 4 aromatic rings. The Hall–Kier alpha value is -4.65. The van der Waals surface area contributed by atoms with Crippen LogP contribution in [0.2, 0.25) is 0 Å². The van der Waals surface area contributed by atoms with Crippen molar-refractivity contribution in [2.45, 2.75) is 26.2 Å². The fourth-order valence-corrected chi connectivity index (χ4v) is 3.84. The van der Waals surface area contributed by atoms with Gasteiger partial charge in [0.05, 0.1) is 36.9 Å². The number of pyridine rings is 1. The van der Waals surface area contributed by atoms with Crippen molar-refractivity contribution in [2.75, 3.05) is 24.4 Å². The van der Waals surface area contributed by atoms with E-state index in [1.165, 1.54) is 18.0 Å². The topological polar surface area (TPSA) is 132 Å². The maximum atomic E-state index is 14.6. The van der Waals surface area contributed by atoms with Crippen molar-refractivity contribution in [3.8, 4) is 0 Å². The van der Waals surface area contributed by atoms with Gasteiger partial charge in [0.25, 0.3) is 5.91 Å². The Labute approximate surface area is 216 Å². The molecule has 1 aromatic carbocycles. The number of hydrogen-bond acceptors (Lipinski definition) is 8. The van der Waals surface area contributed by atoms with Crippen LogP contribution in [0.4, 0.5) is 30.8 Å². The molecule has 4 rings (SSSR count). The van der Waals surface area contributed by atoms with Crippen molar-refractivity contribution in [1.82, 2.24) is 25.1 Å². The van der Waals surface area contributed by atoms with Gasteiger partial charge in [0, 0.05) is 29.9 Å². The molecule has 0 bridgehead atoms. The maximum Gasteiger partial charge on any atom is 0.411 e. The molecule has 0 radical (unpaired) electrons. The van der Waals surface area contributed by atoms with E-state index in [1.807, 2.05) is 31.5 Å². The van der Waals surface area contributed by atoms with Gasteiger partial charge >= 0.3 is 6.09 Å². The Kier molecular flexibility index (Phi) is 8.06. The van der Waals surface area contributed by atoms with Gasteiger partial charge in [0.15, 0.2) is 5.82 Å². The molecule has 0 saturated carbocycles. The van der Waals surface area contributed by atoms with E-state index in [1.54, 1.807) is 18.5 Å². The SMILES string of the molecule is CONC(=O)c1cc(Nc2ncnn3cc(NC(=O)OCCc4ccccn4)c(C(C)C)c23)c(F)cc1F. The standard InChI is InChI=1S/C25H25F2N7O4/c1-14(2)21-20(32-25(36)38-9-7-15-6-4-5-8-28-15)12-34-22(21)23(29-13-30-34)31-19-10-16(24(35)33-37-3)17(26)11-18(19)27/h4-6,8,10-14H,7,9H2,1-3H3,(H,32,36)(H,33,35)(H,29,30,31). The number of carbonyl (C=O) groups is 2. The first-order valence-corrected chi connectivity index (χ1v) is 11.6. The van der Waals surface area contributed by atoms with Crippen LogP contribution in [-0.2, 0) is 16.0 Å². The second-order valence-corrected chi connectivity index (χ2v) is 8.42. The van der Waals surface area contributed by atoms with E-state index in [2.05, 4.69) is 30.5 Å². The van der Waals surface area contributed by atoms with Gasteiger partial charge in [-0.2, -0.15) is 5.10 Å². The molecule has 0 spiro atoms. The lowest BCUT2D eigenvalue weighted by Gasteiger charge is -2.13. The molecule has 3 aromatic heterocycles. The first-order valence-electron chi connectivity index (χ1n) is 11.6. The largest absolute Gasteiger partial charge is 0.449 e. The minimum Gasteiger partial charge on any atom is -0.449 e. The van der Waals surface area contributed by atoms with Gasteiger partial charge in [-0.1, -0.05) is 19.9 Å². The number of anilines is 3. The Balaban J connectivity index is 1.60. The van der Waals surface area contributed by atoms with E-state index >= 15 is 0 Å². The number of fused-ring (bicyclic) bond motifs is 1. The predicted molar refractivity (Wildman–Crippen MR) is 134 cm³/mol.